The fourth-order valence-corrected chi connectivity index (χ4v) is 4.57. The van der Waals surface area contributed by atoms with Crippen LogP contribution in [0.15, 0.2) is 66.0 Å². The smallest absolute Gasteiger partial charge is 0.417 e. The maximum Gasteiger partial charge on any atom is 0.417 e. The Bertz CT molecular complexity index is 1330. The van der Waals surface area contributed by atoms with Crippen LogP contribution in [0, 0.1) is 0 Å². The lowest BCUT2D eigenvalue weighted by Gasteiger charge is -2.11. The summed E-state index contributed by atoms with van der Waals surface area (Å²) in [4.78, 5) is 21.2. The molecule has 34 heavy (non-hydrogen) atoms. The molecule has 0 N–H and O–H groups in total. The minimum Gasteiger partial charge on any atom is -0.462 e. The summed E-state index contributed by atoms with van der Waals surface area (Å²) in [5.74, 6) is -0.199. The molecule has 2 aromatic carbocycles. The average Bonchev–Trinajstić information content (AvgIpc) is 3.15. The number of alkyl halides is 3. The summed E-state index contributed by atoms with van der Waals surface area (Å²) >= 11 is 7.03. The predicted octanol–water partition coefficient (Wildman–Crippen LogP) is 6.62. The van der Waals surface area contributed by atoms with Gasteiger partial charge < -0.3 is 9.30 Å². The summed E-state index contributed by atoms with van der Waals surface area (Å²) in [6, 6.07) is 14.5. The Labute approximate surface area is 202 Å². The van der Waals surface area contributed by atoms with Gasteiger partial charge in [0.05, 0.1) is 46.0 Å². The van der Waals surface area contributed by atoms with Crippen molar-refractivity contribution in [2.24, 2.45) is 0 Å². The lowest BCUT2D eigenvalue weighted by Crippen LogP contribution is -2.06. The van der Waals surface area contributed by atoms with Gasteiger partial charge in [0.25, 0.3) is 0 Å². The molecule has 176 valence electrons. The van der Waals surface area contributed by atoms with Crippen LogP contribution in [0.3, 0.4) is 0 Å². The number of pyridine rings is 1. The maximum absolute atomic E-state index is 13.2. The molecule has 0 unspecified atom stereocenters. The van der Waals surface area contributed by atoms with Crippen LogP contribution in [0.2, 0.25) is 5.02 Å². The van der Waals surface area contributed by atoms with Crippen molar-refractivity contribution in [3.63, 3.8) is 0 Å². The Kier molecular flexibility index (Phi) is 7.13. The zero-order valence-electron chi connectivity index (χ0n) is 18.0. The minimum absolute atomic E-state index is 0.247. The highest BCUT2D eigenvalue weighted by atomic mass is 35.5. The molecule has 0 amide bonds. The van der Waals surface area contributed by atoms with E-state index in [0.29, 0.717) is 28.3 Å². The van der Waals surface area contributed by atoms with Crippen molar-refractivity contribution >= 4 is 40.4 Å². The van der Waals surface area contributed by atoms with Gasteiger partial charge in [0.1, 0.15) is 0 Å². The molecule has 0 saturated heterocycles. The lowest BCUT2D eigenvalue weighted by molar-refractivity contribution is -0.137. The van der Waals surface area contributed by atoms with Crippen LogP contribution in [-0.4, -0.2) is 27.1 Å². The molecular weight excluding hydrogens is 487 g/mol. The summed E-state index contributed by atoms with van der Waals surface area (Å²) < 4.78 is 46.7. The number of ether oxygens (including phenoxy) is 1. The molecule has 0 atom stereocenters. The number of fused-ring (bicyclic) bond motifs is 1. The van der Waals surface area contributed by atoms with E-state index in [-0.39, 0.29) is 17.4 Å². The van der Waals surface area contributed by atoms with E-state index in [1.165, 1.54) is 17.8 Å². The Balaban J connectivity index is 1.69. The highest BCUT2D eigenvalue weighted by Crippen LogP contribution is 2.36. The zero-order chi connectivity index (χ0) is 24.3. The van der Waals surface area contributed by atoms with Crippen molar-refractivity contribution in [1.29, 1.82) is 0 Å². The van der Waals surface area contributed by atoms with Crippen molar-refractivity contribution in [3.05, 3.63) is 88.2 Å². The van der Waals surface area contributed by atoms with Crippen LogP contribution in [-0.2, 0) is 23.2 Å². The van der Waals surface area contributed by atoms with Crippen LogP contribution < -0.4 is 0 Å². The average molecular weight is 506 g/mol. The summed E-state index contributed by atoms with van der Waals surface area (Å²) in [7, 11) is 0. The second-order valence-corrected chi connectivity index (χ2v) is 8.68. The molecule has 2 aromatic heterocycles. The van der Waals surface area contributed by atoms with Gasteiger partial charge in [-0.3, -0.25) is 4.98 Å². The third kappa shape index (κ3) is 5.37. The van der Waals surface area contributed by atoms with Crippen molar-refractivity contribution < 1.29 is 22.7 Å². The number of thioether (sulfide) groups is 1. The largest absolute Gasteiger partial charge is 0.462 e. The number of hydrogen-bond acceptors (Lipinski definition) is 5. The molecule has 0 bridgehead atoms. The Morgan fingerprint density at radius 1 is 1.15 bits per heavy atom. The normalized spacial score (nSPS) is 11.7. The van der Waals surface area contributed by atoms with E-state index in [1.807, 2.05) is 22.8 Å². The Morgan fingerprint density at radius 3 is 2.68 bits per heavy atom. The van der Waals surface area contributed by atoms with Gasteiger partial charge in [-0.1, -0.05) is 35.5 Å². The van der Waals surface area contributed by atoms with Crippen molar-refractivity contribution in [3.8, 4) is 0 Å². The molecule has 4 aromatic rings. The third-order valence-corrected chi connectivity index (χ3v) is 6.35. The van der Waals surface area contributed by atoms with Crippen molar-refractivity contribution in [2.75, 3.05) is 6.61 Å². The Hall–Kier alpha value is -3.04. The molecule has 0 spiro atoms. The van der Waals surface area contributed by atoms with Gasteiger partial charge in [0.15, 0.2) is 5.16 Å². The number of nitrogens with zero attached hydrogens (tertiary/aromatic N) is 3. The fraction of sp³-hybridized carbons (Fsp3) is 0.208. The third-order valence-electron chi connectivity index (χ3n) is 4.97. The number of benzene rings is 2. The van der Waals surface area contributed by atoms with Crippen molar-refractivity contribution in [1.82, 2.24) is 14.5 Å². The predicted molar refractivity (Wildman–Crippen MR) is 125 cm³/mol. The number of imidazole rings is 1. The van der Waals surface area contributed by atoms with E-state index >= 15 is 0 Å². The topological polar surface area (TPSA) is 57.0 Å². The molecule has 0 fully saturated rings. The van der Waals surface area contributed by atoms with Gasteiger partial charge in [0, 0.05) is 11.9 Å². The van der Waals surface area contributed by atoms with E-state index in [1.54, 1.807) is 37.4 Å². The molecule has 0 aliphatic carbocycles. The molecular formula is C24H19ClF3N3O2S. The van der Waals surface area contributed by atoms with E-state index in [9.17, 15) is 18.0 Å². The molecule has 0 aliphatic rings. The Morgan fingerprint density at radius 2 is 1.97 bits per heavy atom. The van der Waals surface area contributed by atoms with Gasteiger partial charge in [-0.25, -0.2) is 9.78 Å². The molecule has 0 aliphatic heterocycles. The highest BCUT2D eigenvalue weighted by molar-refractivity contribution is 7.98. The van der Waals surface area contributed by atoms with E-state index < -0.39 is 17.7 Å². The molecule has 0 radical (unpaired) electrons. The maximum atomic E-state index is 13.2. The van der Waals surface area contributed by atoms with Gasteiger partial charge >= 0.3 is 12.1 Å². The molecule has 5 nitrogen and oxygen atoms in total. The van der Waals surface area contributed by atoms with Crippen LogP contribution in [0.1, 0.15) is 34.1 Å². The summed E-state index contributed by atoms with van der Waals surface area (Å²) in [6.07, 6.45) is -2.85. The number of aromatic nitrogens is 3. The van der Waals surface area contributed by atoms with E-state index in [0.717, 1.165) is 17.3 Å². The molecule has 10 heteroatoms. The standard InChI is InChI=1S/C24H19ClF3N3O2S/c1-2-33-22(32)16-7-9-21-20(12-16)30-23(31(21)13-17-5-3-4-10-29-17)34-14-15-6-8-19(25)18(11-15)24(26,27)28/h3-12H,2,13-14H2,1H3. The summed E-state index contributed by atoms with van der Waals surface area (Å²) in [6.45, 7) is 2.40. The van der Waals surface area contributed by atoms with Crippen LogP contribution in [0.5, 0.6) is 0 Å². The number of rotatable bonds is 7. The first-order valence-corrected chi connectivity index (χ1v) is 11.7. The molecule has 2 heterocycles. The van der Waals surface area contributed by atoms with E-state index in [2.05, 4.69) is 9.97 Å². The second-order valence-electron chi connectivity index (χ2n) is 7.33. The van der Waals surface area contributed by atoms with Crippen LogP contribution in [0.25, 0.3) is 11.0 Å². The van der Waals surface area contributed by atoms with Gasteiger partial charge in [-0.15, -0.1) is 0 Å². The van der Waals surface area contributed by atoms with Crippen LogP contribution >= 0.6 is 23.4 Å². The fourth-order valence-electron chi connectivity index (χ4n) is 3.39. The first-order chi connectivity index (χ1) is 16.3. The summed E-state index contributed by atoms with van der Waals surface area (Å²) in [5.41, 5.74) is 2.12. The SMILES string of the molecule is CCOC(=O)c1ccc2c(c1)nc(SCc1ccc(Cl)c(C(F)(F)F)c1)n2Cc1ccccn1. The number of hydrogen-bond donors (Lipinski definition) is 0. The minimum atomic E-state index is -4.53. The number of carbonyl (C=O) groups is 1. The van der Waals surface area contributed by atoms with Gasteiger partial charge in [-0.2, -0.15) is 13.2 Å². The molecule has 0 saturated carbocycles. The van der Waals surface area contributed by atoms with Crippen LogP contribution in [0.4, 0.5) is 13.2 Å². The highest BCUT2D eigenvalue weighted by Gasteiger charge is 2.33. The van der Waals surface area contributed by atoms with Crippen molar-refractivity contribution in [2.45, 2.75) is 30.6 Å². The lowest BCUT2D eigenvalue weighted by atomic mass is 10.1. The summed E-state index contributed by atoms with van der Waals surface area (Å²) in [5, 5.41) is 0.250. The van der Waals surface area contributed by atoms with E-state index in [4.69, 9.17) is 16.3 Å². The van der Waals surface area contributed by atoms with Gasteiger partial charge in [-0.05, 0) is 55.0 Å². The quantitative estimate of drug-likeness (QED) is 0.209. The molecule has 4 rings (SSSR count). The number of esters is 1. The number of carbonyl (C=O) groups excluding carboxylic acids is 1. The first-order valence-electron chi connectivity index (χ1n) is 10.3. The monoisotopic (exact) mass is 505 g/mol. The number of halogens is 4. The van der Waals surface area contributed by atoms with Gasteiger partial charge in [0.2, 0.25) is 0 Å². The zero-order valence-corrected chi connectivity index (χ0v) is 19.5. The second kappa shape index (κ2) is 10.1. The first kappa shape index (κ1) is 24.1.